The van der Waals surface area contributed by atoms with Crippen LogP contribution in [0.1, 0.15) is 21.7 Å². The number of rotatable bonds is 2. The topological polar surface area (TPSA) is 59.8 Å². The fourth-order valence-electron chi connectivity index (χ4n) is 2.43. The fraction of sp³-hybridized carbons (Fsp3) is 0.188. The Morgan fingerprint density at radius 1 is 1.26 bits per heavy atom. The molecule has 0 bridgehead atoms. The third kappa shape index (κ3) is 2.77. The van der Waals surface area contributed by atoms with Gasteiger partial charge in [-0.3, -0.25) is 9.48 Å². The van der Waals surface area contributed by atoms with Crippen LogP contribution in [-0.4, -0.2) is 20.7 Å². The average molecular weight is 333 g/mol. The van der Waals surface area contributed by atoms with Crippen LogP contribution in [0.25, 0.3) is 11.0 Å². The van der Waals surface area contributed by atoms with Crippen LogP contribution in [0.4, 0.5) is 10.1 Å². The van der Waals surface area contributed by atoms with E-state index in [1.54, 1.807) is 17.7 Å². The molecule has 0 aliphatic rings. The van der Waals surface area contributed by atoms with Gasteiger partial charge in [-0.25, -0.2) is 9.37 Å². The first-order valence-corrected chi connectivity index (χ1v) is 7.32. The van der Waals surface area contributed by atoms with E-state index >= 15 is 0 Å². The molecule has 0 saturated heterocycles. The summed E-state index contributed by atoms with van der Waals surface area (Å²) in [4.78, 5) is 16.9. The smallest absolute Gasteiger partial charge is 0.257 e. The number of amides is 1. The van der Waals surface area contributed by atoms with E-state index in [1.165, 1.54) is 18.2 Å². The molecular weight excluding hydrogens is 319 g/mol. The standard InChI is InChI=1S/C16H14ClFN4O/c1-8-12(7-11-9(2)21-22(3)15(11)19-8)16(23)20-10-4-5-14(18)13(17)6-10/h4-7H,1-3H3,(H,20,23). The van der Waals surface area contributed by atoms with E-state index in [-0.39, 0.29) is 10.9 Å². The van der Waals surface area contributed by atoms with Gasteiger partial charge in [-0.1, -0.05) is 11.6 Å². The molecule has 1 amide bonds. The van der Waals surface area contributed by atoms with E-state index in [4.69, 9.17) is 11.6 Å². The van der Waals surface area contributed by atoms with Crippen molar-refractivity contribution in [3.63, 3.8) is 0 Å². The van der Waals surface area contributed by atoms with Gasteiger partial charge in [-0.2, -0.15) is 5.10 Å². The van der Waals surface area contributed by atoms with Gasteiger partial charge in [0.2, 0.25) is 0 Å². The lowest BCUT2D eigenvalue weighted by molar-refractivity contribution is 0.102. The van der Waals surface area contributed by atoms with Gasteiger partial charge < -0.3 is 5.32 Å². The molecule has 1 N–H and O–H groups in total. The van der Waals surface area contributed by atoms with Crippen LogP contribution in [0, 0.1) is 19.7 Å². The van der Waals surface area contributed by atoms with Crippen LogP contribution < -0.4 is 5.32 Å². The molecule has 118 valence electrons. The number of pyridine rings is 1. The molecule has 0 aliphatic carbocycles. The lowest BCUT2D eigenvalue weighted by Gasteiger charge is -2.08. The number of halogens is 2. The summed E-state index contributed by atoms with van der Waals surface area (Å²) < 4.78 is 14.9. The van der Waals surface area contributed by atoms with E-state index in [0.717, 1.165) is 16.7 Å². The molecule has 7 heteroatoms. The summed E-state index contributed by atoms with van der Waals surface area (Å²) in [6, 6.07) is 5.79. The zero-order chi connectivity index (χ0) is 16.7. The second-order valence-electron chi connectivity index (χ2n) is 5.28. The monoisotopic (exact) mass is 332 g/mol. The molecular formula is C16H14ClFN4O. The number of carbonyl (C=O) groups excluding carboxylic acids is 1. The van der Waals surface area contributed by atoms with Crippen LogP contribution in [0.5, 0.6) is 0 Å². The van der Waals surface area contributed by atoms with Gasteiger partial charge in [-0.05, 0) is 38.1 Å². The number of aryl methyl sites for hydroxylation is 3. The Balaban J connectivity index is 1.98. The van der Waals surface area contributed by atoms with Gasteiger partial charge >= 0.3 is 0 Å². The predicted octanol–water partition coefficient (Wildman–Crippen LogP) is 3.63. The summed E-state index contributed by atoms with van der Waals surface area (Å²) in [6.07, 6.45) is 0. The first-order chi connectivity index (χ1) is 10.9. The number of carbonyl (C=O) groups is 1. The summed E-state index contributed by atoms with van der Waals surface area (Å²) in [7, 11) is 1.81. The van der Waals surface area contributed by atoms with Crippen LogP contribution in [-0.2, 0) is 7.05 Å². The van der Waals surface area contributed by atoms with Crippen LogP contribution >= 0.6 is 11.6 Å². The highest BCUT2D eigenvalue weighted by Gasteiger charge is 2.16. The third-order valence-corrected chi connectivity index (χ3v) is 3.90. The minimum atomic E-state index is -0.532. The zero-order valence-electron chi connectivity index (χ0n) is 12.8. The van der Waals surface area contributed by atoms with Crippen LogP contribution in [0.3, 0.4) is 0 Å². The minimum absolute atomic E-state index is 0.0452. The predicted molar refractivity (Wildman–Crippen MR) is 87.3 cm³/mol. The normalized spacial score (nSPS) is 11.0. The quantitative estimate of drug-likeness (QED) is 0.779. The van der Waals surface area contributed by atoms with Crippen molar-refractivity contribution in [2.45, 2.75) is 13.8 Å². The molecule has 5 nitrogen and oxygen atoms in total. The summed E-state index contributed by atoms with van der Waals surface area (Å²) in [6.45, 7) is 3.62. The Kier molecular flexibility index (Phi) is 3.77. The zero-order valence-corrected chi connectivity index (χ0v) is 13.6. The maximum atomic E-state index is 13.2. The summed E-state index contributed by atoms with van der Waals surface area (Å²) in [5.74, 6) is -0.863. The molecule has 0 radical (unpaired) electrons. The van der Waals surface area contributed by atoms with Crippen molar-refractivity contribution in [2.75, 3.05) is 5.32 Å². The van der Waals surface area contributed by atoms with Crippen LogP contribution in [0.2, 0.25) is 5.02 Å². The van der Waals surface area contributed by atoms with Crippen molar-refractivity contribution >= 4 is 34.2 Å². The van der Waals surface area contributed by atoms with Gasteiger partial charge in [0, 0.05) is 18.1 Å². The Morgan fingerprint density at radius 3 is 2.70 bits per heavy atom. The van der Waals surface area contributed by atoms with Gasteiger partial charge in [0.1, 0.15) is 5.82 Å². The molecule has 2 heterocycles. The van der Waals surface area contributed by atoms with Gasteiger partial charge in [0.25, 0.3) is 5.91 Å². The molecule has 0 spiro atoms. The third-order valence-electron chi connectivity index (χ3n) is 3.61. The number of benzene rings is 1. The SMILES string of the molecule is Cc1nc2c(cc1C(=O)Nc1ccc(F)c(Cl)c1)c(C)nn2C. The molecule has 1 aromatic carbocycles. The molecule has 3 rings (SSSR count). The molecule has 0 aliphatic heterocycles. The highest BCUT2D eigenvalue weighted by molar-refractivity contribution is 6.31. The molecule has 23 heavy (non-hydrogen) atoms. The van der Waals surface area contributed by atoms with E-state index < -0.39 is 5.82 Å². The van der Waals surface area contributed by atoms with E-state index in [1.807, 2.05) is 14.0 Å². The number of nitrogens with zero attached hydrogens (tertiary/aromatic N) is 3. The molecule has 0 atom stereocenters. The second-order valence-corrected chi connectivity index (χ2v) is 5.69. The summed E-state index contributed by atoms with van der Waals surface area (Å²) in [5.41, 5.74) is 2.97. The average Bonchev–Trinajstić information content (AvgIpc) is 2.76. The molecule has 0 saturated carbocycles. The van der Waals surface area contributed by atoms with Gasteiger partial charge in [0.15, 0.2) is 5.65 Å². The van der Waals surface area contributed by atoms with Crippen molar-refractivity contribution in [3.8, 4) is 0 Å². The molecule has 3 aromatic rings. The number of hydrogen-bond donors (Lipinski definition) is 1. The maximum absolute atomic E-state index is 13.2. The summed E-state index contributed by atoms with van der Waals surface area (Å²) in [5, 5.41) is 7.78. The van der Waals surface area contributed by atoms with Gasteiger partial charge in [0.05, 0.1) is 22.0 Å². The second kappa shape index (κ2) is 5.62. The lowest BCUT2D eigenvalue weighted by Crippen LogP contribution is -2.14. The number of anilines is 1. The fourth-order valence-corrected chi connectivity index (χ4v) is 2.61. The number of aromatic nitrogens is 3. The number of fused-ring (bicyclic) bond motifs is 1. The highest BCUT2D eigenvalue weighted by atomic mass is 35.5. The molecule has 2 aromatic heterocycles. The van der Waals surface area contributed by atoms with E-state index in [2.05, 4.69) is 15.4 Å². The van der Waals surface area contributed by atoms with Crippen LogP contribution in [0.15, 0.2) is 24.3 Å². The van der Waals surface area contributed by atoms with Crippen molar-refractivity contribution in [1.29, 1.82) is 0 Å². The first kappa shape index (κ1) is 15.4. The summed E-state index contributed by atoms with van der Waals surface area (Å²) >= 11 is 5.73. The molecule has 0 unspecified atom stereocenters. The first-order valence-electron chi connectivity index (χ1n) is 6.94. The largest absolute Gasteiger partial charge is 0.322 e. The number of nitrogens with one attached hydrogen (secondary N) is 1. The highest BCUT2D eigenvalue weighted by Crippen LogP contribution is 2.22. The lowest BCUT2D eigenvalue weighted by atomic mass is 10.1. The Bertz CT molecular complexity index is 935. The van der Waals surface area contributed by atoms with Gasteiger partial charge in [-0.15, -0.1) is 0 Å². The minimum Gasteiger partial charge on any atom is -0.322 e. The maximum Gasteiger partial charge on any atom is 0.257 e. The molecule has 0 fully saturated rings. The van der Waals surface area contributed by atoms with Crippen molar-refractivity contribution in [2.24, 2.45) is 7.05 Å². The van der Waals surface area contributed by atoms with E-state index in [9.17, 15) is 9.18 Å². The Hall–Kier alpha value is -2.47. The van der Waals surface area contributed by atoms with Crippen molar-refractivity contribution < 1.29 is 9.18 Å². The van der Waals surface area contributed by atoms with Crippen molar-refractivity contribution in [3.05, 3.63) is 52.1 Å². The van der Waals surface area contributed by atoms with E-state index in [0.29, 0.717) is 16.9 Å². The number of hydrogen-bond acceptors (Lipinski definition) is 3. The Labute approximate surface area is 137 Å². The Morgan fingerprint density at radius 2 is 2.00 bits per heavy atom. The van der Waals surface area contributed by atoms with Crippen molar-refractivity contribution in [1.82, 2.24) is 14.8 Å².